The maximum Gasteiger partial charge on any atom is 0.232 e. The van der Waals surface area contributed by atoms with Gasteiger partial charge in [0.15, 0.2) is 11.8 Å². The van der Waals surface area contributed by atoms with Crippen molar-refractivity contribution in [3.8, 4) is 0 Å². The van der Waals surface area contributed by atoms with Crippen molar-refractivity contribution in [2.75, 3.05) is 20.1 Å². The summed E-state index contributed by atoms with van der Waals surface area (Å²) in [6, 6.07) is 10.8. The molecule has 6 heteroatoms. The summed E-state index contributed by atoms with van der Waals surface area (Å²) in [5, 5.41) is 7.46. The summed E-state index contributed by atoms with van der Waals surface area (Å²) in [4.78, 5) is 11.3. The lowest BCUT2D eigenvalue weighted by Crippen LogP contribution is -2.47. The van der Waals surface area contributed by atoms with E-state index in [0.717, 1.165) is 25.5 Å². The average Bonchev–Trinajstić information content (AvgIpc) is 3.12. The molecular formula is C21H31N5O. The zero-order valence-electron chi connectivity index (χ0n) is 17.1. The Morgan fingerprint density at radius 1 is 1.30 bits per heavy atom. The fourth-order valence-corrected chi connectivity index (χ4v) is 3.65. The van der Waals surface area contributed by atoms with Crippen molar-refractivity contribution >= 4 is 5.96 Å². The number of hydrogen-bond donors (Lipinski definition) is 1. The second-order valence-corrected chi connectivity index (χ2v) is 8.40. The maximum absolute atomic E-state index is 5.37. The number of hydrogen-bond acceptors (Lipinski definition) is 4. The number of nitrogens with zero attached hydrogens (tertiary/aromatic N) is 4. The van der Waals surface area contributed by atoms with Gasteiger partial charge in [-0.3, -0.25) is 4.99 Å². The van der Waals surface area contributed by atoms with Gasteiger partial charge in [0.2, 0.25) is 5.89 Å². The highest BCUT2D eigenvalue weighted by Crippen LogP contribution is 2.32. The number of nitrogens with one attached hydrogen (secondary N) is 1. The molecule has 0 radical (unpaired) electrons. The summed E-state index contributed by atoms with van der Waals surface area (Å²) in [7, 11) is 1.83. The lowest BCUT2D eigenvalue weighted by atomic mass is 9.82. The first-order valence-corrected chi connectivity index (χ1v) is 9.72. The van der Waals surface area contributed by atoms with Crippen LogP contribution in [0, 0.1) is 5.92 Å². The minimum Gasteiger partial charge on any atom is -0.349 e. The van der Waals surface area contributed by atoms with Crippen molar-refractivity contribution in [1.82, 2.24) is 20.4 Å². The average molecular weight is 370 g/mol. The minimum absolute atomic E-state index is 0.137. The largest absolute Gasteiger partial charge is 0.349 e. The highest BCUT2D eigenvalue weighted by Gasteiger charge is 2.29. The molecule has 2 aromatic rings. The monoisotopic (exact) mass is 369 g/mol. The maximum atomic E-state index is 5.37. The Morgan fingerprint density at radius 2 is 2.04 bits per heavy atom. The van der Waals surface area contributed by atoms with Crippen LogP contribution in [0.3, 0.4) is 0 Å². The zero-order chi connectivity index (χ0) is 19.4. The molecule has 1 aliphatic rings. The molecule has 0 saturated carbocycles. The van der Waals surface area contributed by atoms with E-state index in [-0.39, 0.29) is 5.41 Å². The van der Waals surface area contributed by atoms with Gasteiger partial charge in [-0.05, 0) is 23.8 Å². The quantitative estimate of drug-likeness (QED) is 0.662. The second-order valence-electron chi connectivity index (χ2n) is 8.40. The van der Waals surface area contributed by atoms with Crippen molar-refractivity contribution < 1.29 is 4.52 Å². The fraction of sp³-hybridized carbons (Fsp3) is 0.571. The van der Waals surface area contributed by atoms with E-state index < -0.39 is 0 Å². The van der Waals surface area contributed by atoms with Gasteiger partial charge < -0.3 is 14.7 Å². The third-order valence-electron chi connectivity index (χ3n) is 5.16. The molecular weight excluding hydrogens is 338 g/mol. The van der Waals surface area contributed by atoms with Crippen LogP contribution in [-0.2, 0) is 12.0 Å². The van der Waals surface area contributed by atoms with Gasteiger partial charge in [0, 0.05) is 25.6 Å². The van der Waals surface area contributed by atoms with Gasteiger partial charge in [-0.2, -0.15) is 4.98 Å². The summed E-state index contributed by atoms with van der Waals surface area (Å²) in [5.74, 6) is 3.39. The van der Waals surface area contributed by atoms with Gasteiger partial charge in [-0.25, -0.2) is 0 Å². The van der Waals surface area contributed by atoms with Gasteiger partial charge in [-0.1, -0.05) is 63.2 Å². The van der Waals surface area contributed by atoms with Crippen LogP contribution in [0.1, 0.15) is 57.3 Å². The molecule has 27 heavy (non-hydrogen) atoms. The van der Waals surface area contributed by atoms with Crippen molar-refractivity contribution in [2.45, 2.75) is 52.0 Å². The highest BCUT2D eigenvalue weighted by molar-refractivity contribution is 5.79. The lowest BCUT2D eigenvalue weighted by molar-refractivity contribution is 0.234. The predicted octanol–water partition coefficient (Wildman–Crippen LogP) is 3.57. The van der Waals surface area contributed by atoms with Gasteiger partial charge in [0.25, 0.3) is 0 Å². The molecule has 0 aliphatic carbocycles. The number of likely N-dealkylation sites (tertiary alicyclic amines) is 1. The normalized spacial score (nSPS) is 21.4. The standard InChI is InChI=1S/C21H31N5O/c1-15-14-26(12-11-17(15)16-9-7-6-8-10-16)20(22-5)23-13-18-24-19(27-25-18)21(2,3)4/h6-10,15,17H,11-14H2,1-5H3,(H,22,23). The Morgan fingerprint density at radius 3 is 2.63 bits per heavy atom. The van der Waals surface area contributed by atoms with Crippen molar-refractivity contribution in [3.05, 3.63) is 47.6 Å². The molecule has 6 nitrogen and oxygen atoms in total. The number of benzene rings is 1. The summed E-state index contributed by atoms with van der Waals surface area (Å²) in [6.07, 6.45) is 1.13. The third kappa shape index (κ3) is 4.67. The van der Waals surface area contributed by atoms with E-state index in [1.165, 1.54) is 5.56 Å². The Kier molecular flexibility index (Phi) is 5.82. The lowest BCUT2D eigenvalue weighted by Gasteiger charge is -2.38. The number of guanidine groups is 1. The molecule has 2 unspecified atom stereocenters. The van der Waals surface area contributed by atoms with Gasteiger partial charge in [-0.15, -0.1) is 0 Å². The molecule has 1 N–H and O–H groups in total. The zero-order valence-corrected chi connectivity index (χ0v) is 17.1. The van der Waals surface area contributed by atoms with Crippen LogP contribution in [-0.4, -0.2) is 41.1 Å². The van der Waals surface area contributed by atoms with Crippen molar-refractivity contribution in [1.29, 1.82) is 0 Å². The topological polar surface area (TPSA) is 66.5 Å². The SMILES string of the molecule is CN=C(NCc1noc(C(C)(C)C)n1)N1CCC(c2ccccc2)C(C)C1. The van der Waals surface area contributed by atoms with Crippen LogP contribution in [0.25, 0.3) is 0 Å². The van der Waals surface area contributed by atoms with Crippen LogP contribution in [0.15, 0.2) is 39.8 Å². The number of aromatic nitrogens is 2. The Bertz CT molecular complexity index is 762. The number of rotatable bonds is 3. The summed E-state index contributed by atoms with van der Waals surface area (Å²) >= 11 is 0. The molecule has 2 atom stereocenters. The first kappa shape index (κ1) is 19.4. The van der Waals surface area contributed by atoms with Crippen LogP contribution < -0.4 is 5.32 Å². The Labute approximate surface area is 162 Å². The first-order valence-electron chi connectivity index (χ1n) is 9.72. The molecule has 1 saturated heterocycles. The molecule has 1 fully saturated rings. The molecule has 0 bridgehead atoms. The second kappa shape index (κ2) is 8.11. The van der Waals surface area contributed by atoms with Gasteiger partial charge >= 0.3 is 0 Å². The van der Waals surface area contributed by atoms with Crippen molar-refractivity contribution in [2.24, 2.45) is 10.9 Å². The van der Waals surface area contributed by atoms with E-state index in [1.807, 2.05) is 7.05 Å². The molecule has 1 aromatic carbocycles. The van der Waals surface area contributed by atoms with Crippen LogP contribution >= 0.6 is 0 Å². The van der Waals surface area contributed by atoms with E-state index in [9.17, 15) is 0 Å². The smallest absolute Gasteiger partial charge is 0.232 e. The van der Waals surface area contributed by atoms with Crippen molar-refractivity contribution in [3.63, 3.8) is 0 Å². The summed E-state index contributed by atoms with van der Waals surface area (Å²) in [6.45, 7) is 11.0. The highest BCUT2D eigenvalue weighted by atomic mass is 16.5. The Hall–Kier alpha value is -2.37. The molecule has 2 heterocycles. The van der Waals surface area contributed by atoms with Crippen LogP contribution in [0.5, 0.6) is 0 Å². The van der Waals surface area contributed by atoms with E-state index in [4.69, 9.17) is 4.52 Å². The molecule has 1 aromatic heterocycles. The number of piperidine rings is 1. The van der Waals surface area contributed by atoms with E-state index >= 15 is 0 Å². The minimum atomic E-state index is -0.137. The first-order chi connectivity index (χ1) is 12.9. The van der Waals surface area contributed by atoms with Crippen LogP contribution in [0.2, 0.25) is 0 Å². The van der Waals surface area contributed by atoms with E-state index in [0.29, 0.717) is 30.1 Å². The molecule has 0 amide bonds. The van der Waals surface area contributed by atoms with Gasteiger partial charge in [0.1, 0.15) is 0 Å². The van der Waals surface area contributed by atoms with Crippen LogP contribution in [0.4, 0.5) is 0 Å². The molecule has 146 valence electrons. The predicted molar refractivity (Wildman–Crippen MR) is 108 cm³/mol. The molecule has 3 rings (SSSR count). The molecule has 1 aliphatic heterocycles. The summed E-state index contributed by atoms with van der Waals surface area (Å²) in [5.41, 5.74) is 1.30. The summed E-state index contributed by atoms with van der Waals surface area (Å²) < 4.78 is 5.37. The van der Waals surface area contributed by atoms with E-state index in [2.05, 4.69) is 83.4 Å². The van der Waals surface area contributed by atoms with Gasteiger partial charge in [0.05, 0.1) is 6.54 Å². The third-order valence-corrected chi connectivity index (χ3v) is 5.16. The Balaban J connectivity index is 1.58. The fourth-order valence-electron chi connectivity index (χ4n) is 3.65. The molecule has 0 spiro atoms. The number of aliphatic imine (C=N–C) groups is 1. The van der Waals surface area contributed by atoms with E-state index in [1.54, 1.807) is 0 Å².